The third-order valence-electron chi connectivity index (χ3n) is 6.50. The highest BCUT2D eigenvalue weighted by Crippen LogP contribution is 2.30. The van der Waals surface area contributed by atoms with Crippen molar-refractivity contribution in [3.05, 3.63) is 59.3 Å². The maximum Gasteiger partial charge on any atom is 0.165 e. The molecule has 2 aromatic heterocycles. The number of hydrogen-bond donors (Lipinski definition) is 0. The van der Waals surface area contributed by atoms with Crippen molar-refractivity contribution in [2.75, 3.05) is 37.6 Å². The molecule has 6 heteroatoms. The SMILES string of the molecule is CCN1CCCN(c2ccc3c(c2)CCC(=O)C(c2cn4cc(C)ncc4n2)=C3)CC1. The number of fused-ring (bicyclic) bond motifs is 2. The number of benzene rings is 1. The lowest BCUT2D eigenvalue weighted by molar-refractivity contribution is -0.113. The molecule has 0 bridgehead atoms. The first-order valence-corrected chi connectivity index (χ1v) is 11.3. The average molecular weight is 416 g/mol. The van der Waals surface area contributed by atoms with Crippen LogP contribution >= 0.6 is 0 Å². The summed E-state index contributed by atoms with van der Waals surface area (Å²) in [5, 5.41) is 0. The molecular weight excluding hydrogens is 386 g/mol. The van der Waals surface area contributed by atoms with Crippen molar-refractivity contribution in [3.63, 3.8) is 0 Å². The van der Waals surface area contributed by atoms with Crippen LogP contribution in [0.1, 0.15) is 42.3 Å². The fraction of sp³-hybridized carbons (Fsp3) is 0.400. The molecule has 1 saturated heterocycles. The molecule has 1 aromatic carbocycles. The molecule has 0 unspecified atom stereocenters. The largest absolute Gasteiger partial charge is 0.370 e. The van der Waals surface area contributed by atoms with Gasteiger partial charge in [-0.05, 0) is 62.2 Å². The summed E-state index contributed by atoms with van der Waals surface area (Å²) in [6.45, 7) is 9.73. The highest BCUT2D eigenvalue weighted by Gasteiger charge is 2.21. The Morgan fingerprint density at radius 3 is 2.84 bits per heavy atom. The van der Waals surface area contributed by atoms with E-state index in [-0.39, 0.29) is 5.78 Å². The molecule has 0 saturated carbocycles. The smallest absolute Gasteiger partial charge is 0.165 e. The first-order chi connectivity index (χ1) is 15.1. The topological polar surface area (TPSA) is 53.7 Å². The zero-order chi connectivity index (χ0) is 21.4. The predicted octanol–water partition coefficient (Wildman–Crippen LogP) is 3.63. The third kappa shape index (κ3) is 4.00. The molecule has 0 amide bonds. The zero-order valence-corrected chi connectivity index (χ0v) is 18.3. The number of aryl methyl sites for hydroxylation is 2. The second-order valence-corrected chi connectivity index (χ2v) is 8.56. The van der Waals surface area contributed by atoms with Gasteiger partial charge in [-0.2, -0.15) is 0 Å². The van der Waals surface area contributed by atoms with Gasteiger partial charge in [-0.15, -0.1) is 0 Å². The number of carbonyl (C=O) groups excluding carboxylic acids is 1. The van der Waals surface area contributed by atoms with E-state index in [1.807, 2.05) is 29.8 Å². The Morgan fingerprint density at radius 1 is 1.06 bits per heavy atom. The predicted molar refractivity (Wildman–Crippen MR) is 124 cm³/mol. The number of hydrogen-bond acceptors (Lipinski definition) is 5. The lowest BCUT2D eigenvalue weighted by Crippen LogP contribution is -2.30. The van der Waals surface area contributed by atoms with Crippen LogP contribution in [0.3, 0.4) is 0 Å². The first kappa shape index (κ1) is 19.9. The molecule has 6 nitrogen and oxygen atoms in total. The number of allylic oxidation sites excluding steroid dienone is 1. The molecule has 3 aromatic rings. The Hall–Kier alpha value is -2.99. The molecule has 0 radical (unpaired) electrons. The summed E-state index contributed by atoms with van der Waals surface area (Å²) in [6.07, 6.45) is 10.1. The van der Waals surface area contributed by atoms with Crippen molar-refractivity contribution in [2.24, 2.45) is 0 Å². The third-order valence-corrected chi connectivity index (χ3v) is 6.50. The molecule has 1 fully saturated rings. The first-order valence-electron chi connectivity index (χ1n) is 11.3. The summed E-state index contributed by atoms with van der Waals surface area (Å²) < 4.78 is 1.94. The van der Waals surface area contributed by atoms with Gasteiger partial charge in [-0.1, -0.05) is 13.0 Å². The van der Waals surface area contributed by atoms with Crippen molar-refractivity contribution in [1.82, 2.24) is 19.3 Å². The molecule has 1 aliphatic carbocycles. The van der Waals surface area contributed by atoms with E-state index in [2.05, 4.69) is 44.9 Å². The molecule has 2 aliphatic rings. The van der Waals surface area contributed by atoms with E-state index in [1.165, 1.54) is 24.2 Å². The van der Waals surface area contributed by atoms with Crippen molar-refractivity contribution in [1.29, 1.82) is 0 Å². The van der Waals surface area contributed by atoms with Crippen molar-refractivity contribution in [2.45, 2.75) is 33.1 Å². The number of ketones is 1. The van der Waals surface area contributed by atoms with Gasteiger partial charge in [0.05, 0.1) is 17.6 Å². The number of Topliss-reactive ketones (excluding diaryl/α,β-unsaturated/α-hetero) is 1. The van der Waals surface area contributed by atoms with E-state index in [1.54, 1.807) is 6.20 Å². The van der Waals surface area contributed by atoms with Gasteiger partial charge >= 0.3 is 0 Å². The Balaban J connectivity index is 1.46. The van der Waals surface area contributed by atoms with Gasteiger partial charge in [0.1, 0.15) is 0 Å². The van der Waals surface area contributed by atoms with Crippen molar-refractivity contribution >= 4 is 28.8 Å². The molecule has 3 heterocycles. The molecule has 1 aliphatic heterocycles. The van der Waals surface area contributed by atoms with E-state index in [0.29, 0.717) is 12.0 Å². The highest BCUT2D eigenvalue weighted by molar-refractivity contribution is 6.25. The Bertz CT molecular complexity index is 1160. The molecule has 0 atom stereocenters. The lowest BCUT2D eigenvalue weighted by atomic mass is 10.0. The normalized spacial score (nSPS) is 17.9. The second-order valence-electron chi connectivity index (χ2n) is 8.56. The van der Waals surface area contributed by atoms with Crippen LogP contribution in [0.5, 0.6) is 0 Å². The number of anilines is 1. The molecule has 0 spiro atoms. The standard InChI is InChI=1S/C25H29N5O/c1-3-28-9-4-10-29(12-11-28)21-7-5-20-14-22(24(31)8-6-19(20)13-21)23-17-30-16-18(2)26-15-25(30)27-23/h5,7,13-17H,3-4,6,8-12H2,1-2H3. The summed E-state index contributed by atoms with van der Waals surface area (Å²) in [7, 11) is 0. The average Bonchev–Trinajstić information content (AvgIpc) is 2.94. The molecule has 5 rings (SSSR count). The van der Waals surface area contributed by atoms with Crippen LogP contribution in [-0.2, 0) is 11.2 Å². The quantitative estimate of drug-likeness (QED) is 0.654. The van der Waals surface area contributed by atoms with E-state index >= 15 is 0 Å². The Morgan fingerprint density at radius 2 is 1.97 bits per heavy atom. The minimum atomic E-state index is 0.152. The van der Waals surface area contributed by atoms with Gasteiger partial charge in [0.15, 0.2) is 11.4 Å². The van der Waals surface area contributed by atoms with Gasteiger partial charge in [0.2, 0.25) is 0 Å². The van der Waals surface area contributed by atoms with E-state index in [9.17, 15) is 4.79 Å². The van der Waals surface area contributed by atoms with Gasteiger partial charge in [-0.3, -0.25) is 9.78 Å². The number of carbonyl (C=O) groups is 1. The number of rotatable bonds is 3. The van der Waals surface area contributed by atoms with Crippen LogP contribution < -0.4 is 4.90 Å². The van der Waals surface area contributed by atoms with Crippen LogP contribution in [0.4, 0.5) is 5.69 Å². The van der Waals surface area contributed by atoms with Crippen molar-refractivity contribution < 1.29 is 4.79 Å². The zero-order valence-electron chi connectivity index (χ0n) is 18.3. The highest BCUT2D eigenvalue weighted by atomic mass is 16.1. The van der Waals surface area contributed by atoms with Gasteiger partial charge in [0.25, 0.3) is 0 Å². The maximum atomic E-state index is 13.0. The minimum absolute atomic E-state index is 0.152. The van der Waals surface area contributed by atoms with Gasteiger partial charge in [0, 0.05) is 49.7 Å². The minimum Gasteiger partial charge on any atom is -0.370 e. The summed E-state index contributed by atoms with van der Waals surface area (Å²) >= 11 is 0. The van der Waals surface area contributed by atoms with E-state index < -0.39 is 0 Å². The lowest BCUT2D eigenvalue weighted by Gasteiger charge is -2.24. The number of imidazole rings is 1. The Labute approximate surface area is 183 Å². The monoisotopic (exact) mass is 415 g/mol. The van der Waals surface area contributed by atoms with Gasteiger partial charge < -0.3 is 14.2 Å². The maximum absolute atomic E-state index is 13.0. The van der Waals surface area contributed by atoms with Crippen LogP contribution in [0.2, 0.25) is 0 Å². The molecule has 0 N–H and O–H groups in total. The van der Waals surface area contributed by atoms with Crippen molar-refractivity contribution in [3.8, 4) is 0 Å². The number of aromatic nitrogens is 3. The second kappa shape index (κ2) is 8.27. The van der Waals surface area contributed by atoms with Crippen LogP contribution in [0.15, 0.2) is 36.8 Å². The fourth-order valence-electron chi connectivity index (χ4n) is 4.66. The Kier molecular flexibility index (Phi) is 5.32. The fourth-order valence-corrected chi connectivity index (χ4v) is 4.66. The van der Waals surface area contributed by atoms with Crippen LogP contribution in [0, 0.1) is 6.92 Å². The summed E-state index contributed by atoms with van der Waals surface area (Å²) in [5.74, 6) is 0.152. The van der Waals surface area contributed by atoms with Crippen LogP contribution in [0.25, 0.3) is 17.3 Å². The molecule has 31 heavy (non-hydrogen) atoms. The number of nitrogens with zero attached hydrogens (tertiary/aromatic N) is 5. The van der Waals surface area contributed by atoms with Gasteiger partial charge in [-0.25, -0.2) is 4.98 Å². The summed E-state index contributed by atoms with van der Waals surface area (Å²) in [4.78, 5) is 27.0. The summed E-state index contributed by atoms with van der Waals surface area (Å²) in [5.41, 5.74) is 6.75. The number of likely N-dealkylation sites (N-methyl/N-ethyl adjacent to an activating group) is 1. The molecular formula is C25H29N5O. The summed E-state index contributed by atoms with van der Waals surface area (Å²) in [6, 6.07) is 6.68. The molecule has 160 valence electrons. The van der Waals surface area contributed by atoms with E-state index in [4.69, 9.17) is 0 Å². The van der Waals surface area contributed by atoms with Crippen LogP contribution in [-0.4, -0.2) is 57.8 Å². The van der Waals surface area contributed by atoms with E-state index in [0.717, 1.165) is 55.2 Å².